The number of rotatable bonds is 6. The minimum absolute atomic E-state index is 0.223. The predicted octanol–water partition coefficient (Wildman–Crippen LogP) is 3.14. The van der Waals surface area contributed by atoms with E-state index in [1.165, 1.54) is 6.07 Å². The van der Waals surface area contributed by atoms with Crippen molar-refractivity contribution in [3.63, 3.8) is 0 Å². The molecular weight excluding hydrogens is 358 g/mol. The number of benzene rings is 2. The number of aryl methyl sites for hydroxylation is 1. The molecule has 28 heavy (non-hydrogen) atoms. The van der Waals surface area contributed by atoms with E-state index in [9.17, 15) is 19.5 Å². The second-order valence-electron chi connectivity index (χ2n) is 6.99. The Bertz CT molecular complexity index is 922. The van der Waals surface area contributed by atoms with Gasteiger partial charge in [0.05, 0.1) is 0 Å². The first kappa shape index (κ1) is 19.4. The minimum Gasteiger partial charge on any atom is -0.479 e. The van der Waals surface area contributed by atoms with E-state index in [0.717, 1.165) is 24.0 Å². The highest BCUT2D eigenvalue weighted by Gasteiger charge is 2.25. The van der Waals surface area contributed by atoms with Crippen LogP contribution in [-0.4, -0.2) is 29.1 Å². The maximum Gasteiger partial charge on any atom is 0.330 e. The molecule has 0 aliphatic heterocycles. The Balaban J connectivity index is 1.75. The highest BCUT2D eigenvalue weighted by molar-refractivity contribution is 5.99. The van der Waals surface area contributed by atoms with Crippen molar-refractivity contribution in [2.75, 3.05) is 5.32 Å². The maximum atomic E-state index is 12.7. The molecule has 7 heteroatoms. The van der Waals surface area contributed by atoms with Gasteiger partial charge < -0.3 is 21.1 Å². The Morgan fingerprint density at radius 3 is 2.46 bits per heavy atom. The fourth-order valence-corrected chi connectivity index (χ4v) is 2.89. The third-order valence-electron chi connectivity index (χ3n) is 4.78. The molecule has 0 bridgehead atoms. The Morgan fingerprint density at radius 2 is 1.79 bits per heavy atom. The van der Waals surface area contributed by atoms with Crippen LogP contribution in [0.5, 0.6) is 0 Å². The van der Waals surface area contributed by atoms with E-state index in [2.05, 4.69) is 16.0 Å². The van der Waals surface area contributed by atoms with Gasteiger partial charge in [0.2, 0.25) is 0 Å². The normalized spacial score (nSPS) is 14.1. The Kier molecular flexibility index (Phi) is 5.63. The van der Waals surface area contributed by atoms with Crippen LogP contribution in [0.3, 0.4) is 0 Å². The summed E-state index contributed by atoms with van der Waals surface area (Å²) >= 11 is 0. The van der Waals surface area contributed by atoms with Gasteiger partial charge in [0.1, 0.15) is 0 Å². The van der Waals surface area contributed by atoms with Crippen molar-refractivity contribution < 1.29 is 19.5 Å². The van der Waals surface area contributed by atoms with Gasteiger partial charge in [-0.05, 0) is 61.6 Å². The largest absolute Gasteiger partial charge is 0.479 e. The zero-order valence-corrected chi connectivity index (χ0v) is 15.8. The number of carbonyl (C=O) groups is 3. The molecule has 1 unspecified atom stereocenters. The van der Waals surface area contributed by atoms with E-state index >= 15 is 0 Å². The lowest BCUT2D eigenvalue weighted by molar-refractivity contribution is -0.139. The molecule has 0 heterocycles. The lowest BCUT2D eigenvalue weighted by Gasteiger charge is -2.18. The number of hydrogen-bond acceptors (Lipinski definition) is 3. The summed E-state index contributed by atoms with van der Waals surface area (Å²) in [5, 5.41) is 17.7. The fourth-order valence-electron chi connectivity index (χ4n) is 2.89. The van der Waals surface area contributed by atoms with Crippen LogP contribution in [0.2, 0.25) is 0 Å². The monoisotopic (exact) mass is 381 g/mol. The van der Waals surface area contributed by atoms with Gasteiger partial charge in [0.15, 0.2) is 6.04 Å². The number of amides is 3. The Morgan fingerprint density at radius 1 is 1.07 bits per heavy atom. The van der Waals surface area contributed by atoms with Gasteiger partial charge in [0.25, 0.3) is 5.91 Å². The van der Waals surface area contributed by atoms with Crippen LogP contribution in [0.4, 0.5) is 10.5 Å². The standard InChI is InChI=1S/C21H23N3O4/c1-12-5-3-8-17(13(12)2)18(20(26)27)24-19(25)14-6-4-7-16(11-14)23-21(28)22-15-9-10-15/h3-8,11,15,18H,9-10H2,1-2H3,(H,24,25)(H,26,27)(H2,22,23,28). The van der Waals surface area contributed by atoms with Gasteiger partial charge >= 0.3 is 12.0 Å². The van der Waals surface area contributed by atoms with Crippen LogP contribution in [0.1, 0.15) is 45.9 Å². The smallest absolute Gasteiger partial charge is 0.330 e. The zero-order valence-electron chi connectivity index (χ0n) is 15.8. The van der Waals surface area contributed by atoms with Crippen LogP contribution in [0.25, 0.3) is 0 Å². The molecule has 2 aromatic rings. The van der Waals surface area contributed by atoms with Crippen molar-refractivity contribution in [1.82, 2.24) is 10.6 Å². The molecule has 0 saturated heterocycles. The molecule has 1 atom stereocenters. The Hall–Kier alpha value is -3.35. The first-order valence-electron chi connectivity index (χ1n) is 9.12. The molecule has 1 saturated carbocycles. The fraction of sp³-hybridized carbons (Fsp3) is 0.286. The van der Waals surface area contributed by atoms with Gasteiger partial charge in [-0.1, -0.05) is 24.3 Å². The summed E-state index contributed by atoms with van der Waals surface area (Å²) in [6.07, 6.45) is 1.95. The number of hydrogen-bond donors (Lipinski definition) is 4. The summed E-state index contributed by atoms with van der Waals surface area (Å²) in [6.45, 7) is 3.72. The summed E-state index contributed by atoms with van der Waals surface area (Å²) < 4.78 is 0. The van der Waals surface area contributed by atoms with E-state index in [0.29, 0.717) is 11.3 Å². The maximum absolute atomic E-state index is 12.7. The average molecular weight is 381 g/mol. The molecule has 3 rings (SSSR count). The van der Waals surface area contributed by atoms with Crippen LogP contribution in [0.15, 0.2) is 42.5 Å². The number of aliphatic carboxylic acids is 1. The second-order valence-corrected chi connectivity index (χ2v) is 6.99. The molecule has 146 valence electrons. The van der Waals surface area contributed by atoms with E-state index in [1.54, 1.807) is 30.3 Å². The molecule has 2 aromatic carbocycles. The van der Waals surface area contributed by atoms with Crippen LogP contribution >= 0.6 is 0 Å². The molecular formula is C21H23N3O4. The van der Waals surface area contributed by atoms with E-state index < -0.39 is 17.9 Å². The van der Waals surface area contributed by atoms with Gasteiger partial charge in [-0.3, -0.25) is 4.79 Å². The van der Waals surface area contributed by atoms with Crippen LogP contribution in [-0.2, 0) is 4.79 Å². The minimum atomic E-state index is -1.16. The van der Waals surface area contributed by atoms with E-state index in [1.807, 2.05) is 19.9 Å². The SMILES string of the molecule is Cc1cccc(C(NC(=O)c2cccc(NC(=O)NC3CC3)c2)C(=O)O)c1C. The van der Waals surface area contributed by atoms with Crippen molar-refractivity contribution in [2.45, 2.75) is 38.8 Å². The van der Waals surface area contributed by atoms with Crippen molar-refractivity contribution in [2.24, 2.45) is 0 Å². The van der Waals surface area contributed by atoms with E-state index in [4.69, 9.17) is 0 Å². The summed E-state index contributed by atoms with van der Waals surface area (Å²) in [5.74, 6) is -1.67. The first-order chi connectivity index (χ1) is 13.3. The van der Waals surface area contributed by atoms with Crippen LogP contribution in [0, 0.1) is 13.8 Å². The van der Waals surface area contributed by atoms with Crippen molar-refractivity contribution in [3.8, 4) is 0 Å². The second kappa shape index (κ2) is 8.12. The molecule has 7 nitrogen and oxygen atoms in total. The molecule has 1 aliphatic rings. The topological polar surface area (TPSA) is 108 Å². The van der Waals surface area contributed by atoms with Gasteiger partial charge in [-0.25, -0.2) is 9.59 Å². The van der Waals surface area contributed by atoms with Crippen molar-refractivity contribution >= 4 is 23.6 Å². The number of anilines is 1. The predicted molar refractivity (Wildman–Crippen MR) is 105 cm³/mol. The summed E-state index contributed by atoms with van der Waals surface area (Å²) in [7, 11) is 0. The number of carboxylic acid groups (broad SMARTS) is 1. The average Bonchev–Trinajstić information content (AvgIpc) is 3.46. The number of nitrogens with one attached hydrogen (secondary N) is 3. The molecule has 3 amide bonds. The lowest BCUT2D eigenvalue weighted by atomic mass is 9.97. The van der Waals surface area contributed by atoms with Gasteiger partial charge in [0, 0.05) is 17.3 Å². The summed E-state index contributed by atoms with van der Waals surface area (Å²) in [6, 6.07) is 10.5. The summed E-state index contributed by atoms with van der Waals surface area (Å²) in [4.78, 5) is 36.3. The highest BCUT2D eigenvalue weighted by atomic mass is 16.4. The molecule has 4 N–H and O–H groups in total. The van der Waals surface area contributed by atoms with Gasteiger partial charge in [-0.2, -0.15) is 0 Å². The van der Waals surface area contributed by atoms with Crippen molar-refractivity contribution in [3.05, 3.63) is 64.7 Å². The van der Waals surface area contributed by atoms with Gasteiger partial charge in [-0.15, -0.1) is 0 Å². The Labute approximate surface area is 163 Å². The first-order valence-corrected chi connectivity index (χ1v) is 9.12. The quantitative estimate of drug-likeness (QED) is 0.616. The molecule has 0 aromatic heterocycles. The number of carboxylic acids is 1. The molecule has 0 spiro atoms. The third-order valence-corrected chi connectivity index (χ3v) is 4.78. The molecule has 0 radical (unpaired) electrons. The van der Waals surface area contributed by atoms with Crippen LogP contribution < -0.4 is 16.0 Å². The van der Waals surface area contributed by atoms with Crippen molar-refractivity contribution in [1.29, 1.82) is 0 Å². The highest BCUT2D eigenvalue weighted by Crippen LogP contribution is 2.22. The zero-order chi connectivity index (χ0) is 20.3. The molecule has 1 aliphatic carbocycles. The third kappa shape index (κ3) is 4.68. The molecule has 1 fully saturated rings. The summed E-state index contributed by atoms with van der Waals surface area (Å²) in [5.41, 5.74) is 3.04. The number of carbonyl (C=O) groups excluding carboxylic acids is 2. The number of urea groups is 1. The van der Waals surface area contributed by atoms with E-state index in [-0.39, 0.29) is 17.6 Å². The lowest BCUT2D eigenvalue weighted by Crippen LogP contribution is -2.34.